The zero-order valence-corrected chi connectivity index (χ0v) is 10.4. The number of thioether (sulfide) groups is 1. The van der Waals surface area contributed by atoms with Gasteiger partial charge in [0.25, 0.3) is 0 Å². The predicted octanol–water partition coefficient (Wildman–Crippen LogP) is 1.94. The smallest absolute Gasteiger partial charge is 0.240 e. The summed E-state index contributed by atoms with van der Waals surface area (Å²) in [5.74, 6) is -0.132. The first-order valence-electron chi connectivity index (χ1n) is 5.26. The summed E-state index contributed by atoms with van der Waals surface area (Å²) in [5.41, 5.74) is -0.867. The number of amides is 1. The van der Waals surface area contributed by atoms with Gasteiger partial charge in [-0.05, 0) is 32.4 Å². The van der Waals surface area contributed by atoms with Crippen LogP contribution in [0.5, 0.6) is 0 Å². The van der Waals surface area contributed by atoms with Crippen LogP contribution >= 0.6 is 11.8 Å². The molecule has 0 bridgehead atoms. The Morgan fingerprint density at radius 1 is 1.67 bits per heavy atom. The van der Waals surface area contributed by atoms with Crippen LogP contribution in [0.25, 0.3) is 0 Å². The van der Waals surface area contributed by atoms with Crippen molar-refractivity contribution in [1.29, 1.82) is 5.26 Å². The standard InChI is InChI=1S/C11H18N2OS/c1-4-10(2,7-12)9(14)13-8-11(15-3)5-6-11/h4-6,8H2,1-3H3,(H,13,14). The van der Waals surface area contributed by atoms with E-state index in [2.05, 4.69) is 17.6 Å². The zero-order valence-electron chi connectivity index (χ0n) is 9.59. The van der Waals surface area contributed by atoms with Crippen molar-refractivity contribution in [2.45, 2.75) is 37.9 Å². The number of carbonyl (C=O) groups is 1. The fourth-order valence-electron chi connectivity index (χ4n) is 1.32. The molecule has 0 radical (unpaired) electrons. The average Bonchev–Trinajstić information content (AvgIpc) is 3.05. The molecule has 0 aromatic carbocycles. The summed E-state index contributed by atoms with van der Waals surface area (Å²) in [7, 11) is 0. The summed E-state index contributed by atoms with van der Waals surface area (Å²) in [6.07, 6.45) is 4.97. The van der Waals surface area contributed by atoms with Gasteiger partial charge in [0.2, 0.25) is 5.91 Å². The number of nitriles is 1. The van der Waals surface area contributed by atoms with Gasteiger partial charge in [-0.25, -0.2) is 0 Å². The topological polar surface area (TPSA) is 52.9 Å². The van der Waals surface area contributed by atoms with Crippen LogP contribution in [0.1, 0.15) is 33.1 Å². The van der Waals surface area contributed by atoms with Crippen LogP contribution < -0.4 is 5.32 Å². The van der Waals surface area contributed by atoms with Gasteiger partial charge in [0.15, 0.2) is 0 Å². The monoisotopic (exact) mass is 226 g/mol. The Bertz CT molecular complexity index is 293. The third-order valence-corrected chi connectivity index (χ3v) is 4.69. The van der Waals surface area contributed by atoms with Gasteiger partial charge in [-0.15, -0.1) is 0 Å². The molecule has 1 aliphatic rings. The van der Waals surface area contributed by atoms with Crippen molar-refractivity contribution in [3.8, 4) is 6.07 Å². The van der Waals surface area contributed by atoms with Crippen molar-refractivity contribution in [2.75, 3.05) is 12.8 Å². The van der Waals surface area contributed by atoms with E-state index in [9.17, 15) is 4.79 Å². The maximum atomic E-state index is 11.8. The van der Waals surface area contributed by atoms with E-state index in [1.807, 2.05) is 18.7 Å². The number of hydrogen-bond acceptors (Lipinski definition) is 3. The van der Waals surface area contributed by atoms with Crippen LogP contribution in [0.2, 0.25) is 0 Å². The SMILES string of the molecule is CCC(C)(C#N)C(=O)NCC1(SC)CC1. The van der Waals surface area contributed by atoms with Crippen LogP contribution in [0, 0.1) is 16.7 Å². The fraction of sp³-hybridized carbons (Fsp3) is 0.818. The second-order valence-corrected chi connectivity index (χ2v) is 5.64. The molecule has 0 aromatic rings. The number of hydrogen-bond donors (Lipinski definition) is 1. The summed E-state index contributed by atoms with van der Waals surface area (Å²) in [6.45, 7) is 4.26. The van der Waals surface area contributed by atoms with Gasteiger partial charge in [0.05, 0.1) is 6.07 Å². The zero-order chi connectivity index (χ0) is 11.5. The summed E-state index contributed by atoms with van der Waals surface area (Å²) >= 11 is 1.81. The lowest BCUT2D eigenvalue weighted by molar-refractivity contribution is -0.127. The molecule has 1 atom stereocenters. The van der Waals surface area contributed by atoms with Gasteiger partial charge in [0, 0.05) is 11.3 Å². The number of nitrogens with one attached hydrogen (secondary N) is 1. The first-order valence-corrected chi connectivity index (χ1v) is 6.49. The highest BCUT2D eigenvalue weighted by atomic mass is 32.2. The maximum Gasteiger partial charge on any atom is 0.240 e. The van der Waals surface area contributed by atoms with E-state index in [4.69, 9.17) is 5.26 Å². The molecule has 1 saturated carbocycles. The quantitative estimate of drug-likeness (QED) is 0.779. The van der Waals surface area contributed by atoms with Crippen LogP contribution in [0.3, 0.4) is 0 Å². The highest BCUT2D eigenvalue weighted by Crippen LogP contribution is 2.46. The lowest BCUT2D eigenvalue weighted by Gasteiger charge is -2.20. The molecule has 4 heteroatoms. The third kappa shape index (κ3) is 2.66. The average molecular weight is 226 g/mol. The summed E-state index contributed by atoms with van der Waals surface area (Å²) in [6, 6.07) is 2.08. The summed E-state index contributed by atoms with van der Waals surface area (Å²) in [5, 5.41) is 11.8. The molecule has 1 N–H and O–H groups in total. The van der Waals surface area contributed by atoms with Gasteiger partial charge in [-0.2, -0.15) is 17.0 Å². The molecule has 0 aromatic heterocycles. The molecule has 1 aliphatic carbocycles. The third-order valence-electron chi connectivity index (χ3n) is 3.27. The lowest BCUT2D eigenvalue weighted by Crippen LogP contribution is -2.41. The van der Waals surface area contributed by atoms with Crippen molar-refractivity contribution >= 4 is 17.7 Å². The first kappa shape index (κ1) is 12.4. The second kappa shape index (κ2) is 4.44. The first-order chi connectivity index (χ1) is 7.02. The Kier molecular flexibility index (Phi) is 3.67. The van der Waals surface area contributed by atoms with Crippen LogP contribution in [0.4, 0.5) is 0 Å². The molecule has 0 heterocycles. The predicted molar refractivity (Wildman–Crippen MR) is 62.5 cm³/mol. The normalized spacial score (nSPS) is 21.2. The molecular formula is C11H18N2OS. The number of nitrogens with zero attached hydrogens (tertiary/aromatic N) is 1. The van der Waals surface area contributed by atoms with E-state index in [-0.39, 0.29) is 10.7 Å². The van der Waals surface area contributed by atoms with Crippen molar-refractivity contribution in [3.63, 3.8) is 0 Å². The Hall–Kier alpha value is -0.690. The second-order valence-electron chi connectivity index (χ2n) is 4.37. The Morgan fingerprint density at radius 3 is 2.60 bits per heavy atom. The fourth-order valence-corrected chi connectivity index (χ4v) is 2.05. The molecule has 0 aliphatic heterocycles. The molecule has 15 heavy (non-hydrogen) atoms. The molecular weight excluding hydrogens is 208 g/mol. The highest BCUT2D eigenvalue weighted by molar-refractivity contribution is 8.00. The van der Waals surface area contributed by atoms with Crippen molar-refractivity contribution in [2.24, 2.45) is 5.41 Å². The molecule has 0 spiro atoms. The molecule has 3 nitrogen and oxygen atoms in total. The Morgan fingerprint density at radius 2 is 2.27 bits per heavy atom. The molecule has 84 valence electrons. The van der Waals surface area contributed by atoms with Crippen LogP contribution in [-0.4, -0.2) is 23.5 Å². The van der Waals surface area contributed by atoms with Crippen molar-refractivity contribution < 1.29 is 4.79 Å². The van der Waals surface area contributed by atoms with Gasteiger partial charge in [-0.1, -0.05) is 6.92 Å². The largest absolute Gasteiger partial charge is 0.353 e. The van der Waals surface area contributed by atoms with Crippen molar-refractivity contribution in [3.05, 3.63) is 0 Å². The molecule has 0 saturated heterocycles. The molecule has 1 rings (SSSR count). The Labute approximate surface area is 95.6 Å². The van der Waals surface area contributed by atoms with E-state index < -0.39 is 5.41 Å². The van der Waals surface area contributed by atoms with Gasteiger partial charge in [0.1, 0.15) is 5.41 Å². The minimum Gasteiger partial charge on any atom is -0.353 e. The number of carbonyl (C=O) groups excluding carboxylic acids is 1. The van der Waals surface area contributed by atoms with E-state index in [1.54, 1.807) is 6.92 Å². The van der Waals surface area contributed by atoms with E-state index in [0.29, 0.717) is 13.0 Å². The van der Waals surface area contributed by atoms with Gasteiger partial charge in [-0.3, -0.25) is 4.79 Å². The number of rotatable bonds is 5. The lowest BCUT2D eigenvalue weighted by atomic mass is 9.88. The minimum atomic E-state index is -0.867. The summed E-state index contributed by atoms with van der Waals surface area (Å²) in [4.78, 5) is 11.8. The molecule has 1 fully saturated rings. The summed E-state index contributed by atoms with van der Waals surface area (Å²) < 4.78 is 0.264. The van der Waals surface area contributed by atoms with Crippen LogP contribution in [0.15, 0.2) is 0 Å². The van der Waals surface area contributed by atoms with Gasteiger partial charge < -0.3 is 5.32 Å². The van der Waals surface area contributed by atoms with Crippen molar-refractivity contribution in [1.82, 2.24) is 5.32 Å². The highest BCUT2D eigenvalue weighted by Gasteiger charge is 2.43. The minimum absolute atomic E-state index is 0.132. The van der Waals surface area contributed by atoms with Gasteiger partial charge >= 0.3 is 0 Å². The molecule has 1 amide bonds. The molecule has 1 unspecified atom stereocenters. The van der Waals surface area contributed by atoms with E-state index >= 15 is 0 Å². The van der Waals surface area contributed by atoms with Crippen LogP contribution in [-0.2, 0) is 4.79 Å². The van der Waals surface area contributed by atoms with E-state index in [1.165, 1.54) is 12.8 Å². The van der Waals surface area contributed by atoms with E-state index in [0.717, 1.165) is 0 Å². The maximum absolute atomic E-state index is 11.8. The Balaban J connectivity index is 2.46.